The first-order valence-electron chi connectivity index (χ1n) is 9.65. The number of piperidine rings is 1. The van der Waals surface area contributed by atoms with Crippen LogP contribution in [0.3, 0.4) is 0 Å². The smallest absolute Gasteiger partial charge is 0.166 e. The molecule has 0 amide bonds. The topological polar surface area (TPSA) is 56.7 Å². The minimum atomic E-state index is 0.0323. The van der Waals surface area contributed by atoms with Crippen molar-refractivity contribution in [3.05, 3.63) is 36.5 Å². The molecular formula is C20H29N7. The standard InChI is InChI=1S/C20H29N7/c1-20(2,3)26-12-9-16(14-26)19-22-18(15-7-6-11-24(4)13-15)23-27(19)17-8-10-21-25(17)5/h8-10,12,14-15H,6-7,11,13H2,1-5H3. The molecule has 0 N–H and O–H groups in total. The first kappa shape index (κ1) is 18.0. The number of hydrogen-bond donors (Lipinski definition) is 0. The van der Waals surface area contributed by atoms with E-state index < -0.39 is 0 Å². The van der Waals surface area contributed by atoms with Crippen molar-refractivity contribution in [2.24, 2.45) is 7.05 Å². The van der Waals surface area contributed by atoms with Crippen molar-refractivity contribution in [3.63, 3.8) is 0 Å². The maximum absolute atomic E-state index is 5.00. The first-order chi connectivity index (χ1) is 12.8. The van der Waals surface area contributed by atoms with Gasteiger partial charge < -0.3 is 9.47 Å². The molecule has 1 unspecified atom stereocenters. The molecule has 0 spiro atoms. The lowest BCUT2D eigenvalue weighted by Gasteiger charge is -2.27. The van der Waals surface area contributed by atoms with E-state index in [0.717, 1.165) is 42.5 Å². The summed E-state index contributed by atoms with van der Waals surface area (Å²) in [5, 5.41) is 9.25. The van der Waals surface area contributed by atoms with Crippen LogP contribution in [0.25, 0.3) is 17.2 Å². The molecule has 27 heavy (non-hydrogen) atoms. The molecule has 0 saturated carbocycles. The fourth-order valence-corrected chi connectivity index (χ4v) is 3.75. The Hall–Kier alpha value is -2.41. The van der Waals surface area contributed by atoms with E-state index in [4.69, 9.17) is 10.1 Å². The molecule has 3 aromatic rings. The van der Waals surface area contributed by atoms with Gasteiger partial charge in [-0.1, -0.05) is 0 Å². The maximum Gasteiger partial charge on any atom is 0.166 e. The van der Waals surface area contributed by atoms with E-state index in [2.05, 4.69) is 60.8 Å². The fourth-order valence-electron chi connectivity index (χ4n) is 3.75. The predicted molar refractivity (Wildman–Crippen MR) is 106 cm³/mol. The molecular weight excluding hydrogens is 338 g/mol. The third kappa shape index (κ3) is 3.43. The lowest BCUT2D eigenvalue weighted by molar-refractivity contribution is 0.246. The monoisotopic (exact) mass is 367 g/mol. The molecule has 7 heteroatoms. The van der Waals surface area contributed by atoms with Gasteiger partial charge in [-0.05, 0) is 53.3 Å². The van der Waals surface area contributed by atoms with Crippen LogP contribution >= 0.6 is 0 Å². The Kier molecular flexibility index (Phi) is 4.42. The zero-order chi connectivity index (χ0) is 19.2. The van der Waals surface area contributed by atoms with E-state index in [9.17, 15) is 0 Å². The van der Waals surface area contributed by atoms with Crippen molar-refractivity contribution < 1.29 is 0 Å². The molecule has 1 aliphatic heterocycles. The maximum atomic E-state index is 5.00. The van der Waals surface area contributed by atoms with Gasteiger partial charge in [0.15, 0.2) is 17.5 Å². The van der Waals surface area contributed by atoms with Gasteiger partial charge in [-0.25, -0.2) is 4.98 Å². The summed E-state index contributed by atoms with van der Waals surface area (Å²) in [5.74, 6) is 3.11. The van der Waals surface area contributed by atoms with Crippen LogP contribution in [0.1, 0.15) is 45.4 Å². The second-order valence-electron chi connectivity index (χ2n) is 8.60. The third-order valence-electron chi connectivity index (χ3n) is 5.35. The van der Waals surface area contributed by atoms with Crippen LogP contribution in [0.4, 0.5) is 0 Å². The SMILES string of the molecule is CN1CCCC(c2nc(-c3ccn(C(C)(C)C)c3)n(-c3ccnn3C)n2)C1. The van der Waals surface area contributed by atoms with Crippen LogP contribution in [-0.4, -0.2) is 54.1 Å². The average Bonchev–Trinajstić information content (AvgIpc) is 3.32. The van der Waals surface area contributed by atoms with Gasteiger partial charge in [-0.2, -0.15) is 9.78 Å². The van der Waals surface area contributed by atoms with Gasteiger partial charge in [0, 0.05) is 49.1 Å². The van der Waals surface area contributed by atoms with E-state index in [-0.39, 0.29) is 5.54 Å². The largest absolute Gasteiger partial charge is 0.348 e. The van der Waals surface area contributed by atoms with Gasteiger partial charge in [0.25, 0.3) is 0 Å². The highest BCUT2D eigenvalue weighted by molar-refractivity contribution is 5.57. The number of rotatable bonds is 3. The summed E-state index contributed by atoms with van der Waals surface area (Å²) in [6.07, 6.45) is 8.41. The zero-order valence-electron chi connectivity index (χ0n) is 16.9. The summed E-state index contributed by atoms with van der Waals surface area (Å²) in [7, 11) is 4.11. The molecule has 0 aromatic carbocycles. The van der Waals surface area contributed by atoms with Crippen LogP contribution in [0, 0.1) is 0 Å². The van der Waals surface area contributed by atoms with E-state index in [0.29, 0.717) is 5.92 Å². The Bertz CT molecular complexity index is 924. The van der Waals surface area contributed by atoms with Crippen LogP contribution < -0.4 is 0 Å². The highest BCUT2D eigenvalue weighted by Gasteiger charge is 2.26. The molecule has 0 bridgehead atoms. The summed E-state index contributed by atoms with van der Waals surface area (Å²) in [6, 6.07) is 4.11. The molecule has 1 atom stereocenters. The Labute approximate surface area is 160 Å². The van der Waals surface area contributed by atoms with E-state index >= 15 is 0 Å². The van der Waals surface area contributed by atoms with Crippen molar-refractivity contribution in [2.75, 3.05) is 20.1 Å². The van der Waals surface area contributed by atoms with Gasteiger partial charge in [-0.15, -0.1) is 5.10 Å². The molecule has 3 aromatic heterocycles. The van der Waals surface area contributed by atoms with Gasteiger partial charge in [-0.3, -0.25) is 4.68 Å². The highest BCUT2D eigenvalue weighted by Crippen LogP contribution is 2.29. The average molecular weight is 368 g/mol. The van der Waals surface area contributed by atoms with E-state index in [1.807, 2.05) is 22.5 Å². The third-order valence-corrected chi connectivity index (χ3v) is 5.35. The van der Waals surface area contributed by atoms with Crippen molar-refractivity contribution in [2.45, 2.75) is 45.1 Å². The van der Waals surface area contributed by atoms with Crippen molar-refractivity contribution in [1.82, 2.24) is 34.0 Å². The number of likely N-dealkylation sites (tertiary alicyclic amines) is 1. The lowest BCUT2D eigenvalue weighted by atomic mass is 9.98. The van der Waals surface area contributed by atoms with Crippen LogP contribution in [0.5, 0.6) is 0 Å². The summed E-state index contributed by atoms with van der Waals surface area (Å²) >= 11 is 0. The Morgan fingerprint density at radius 3 is 2.59 bits per heavy atom. The summed E-state index contributed by atoms with van der Waals surface area (Å²) < 4.78 is 6.01. The predicted octanol–water partition coefficient (Wildman–Crippen LogP) is 3.03. The first-order valence-corrected chi connectivity index (χ1v) is 9.65. The zero-order valence-corrected chi connectivity index (χ0v) is 16.9. The van der Waals surface area contributed by atoms with Crippen molar-refractivity contribution in [3.8, 4) is 17.2 Å². The van der Waals surface area contributed by atoms with Gasteiger partial charge in [0.1, 0.15) is 0 Å². The quantitative estimate of drug-likeness (QED) is 0.714. The second kappa shape index (κ2) is 6.64. The van der Waals surface area contributed by atoms with E-state index in [1.54, 1.807) is 6.20 Å². The summed E-state index contributed by atoms with van der Waals surface area (Å²) in [6.45, 7) is 8.77. The van der Waals surface area contributed by atoms with Crippen LogP contribution in [-0.2, 0) is 12.6 Å². The second-order valence-corrected chi connectivity index (χ2v) is 8.60. The summed E-state index contributed by atoms with van der Waals surface area (Å²) in [4.78, 5) is 7.37. The molecule has 144 valence electrons. The number of hydrogen-bond acceptors (Lipinski definition) is 4. The van der Waals surface area contributed by atoms with Crippen LogP contribution in [0.15, 0.2) is 30.7 Å². The minimum Gasteiger partial charge on any atom is -0.348 e. The van der Waals surface area contributed by atoms with Crippen molar-refractivity contribution >= 4 is 0 Å². The Morgan fingerprint density at radius 1 is 1.15 bits per heavy atom. The van der Waals surface area contributed by atoms with Gasteiger partial charge in [0.2, 0.25) is 0 Å². The normalized spacial score (nSPS) is 18.9. The molecule has 1 aliphatic rings. The molecule has 0 aliphatic carbocycles. The fraction of sp³-hybridized carbons (Fsp3) is 0.550. The Balaban J connectivity index is 1.79. The minimum absolute atomic E-state index is 0.0323. The lowest BCUT2D eigenvalue weighted by Crippen LogP contribution is -2.31. The Morgan fingerprint density at radius 2 is 1.96 bits per heavy atom. The molecule has 4 rings (SSSR count). The highest BCUT2D eigenvalue weighted by atomic mass is 15.4. The molecule has 7 nitrogen and oxygen atoms in total. The number of nitrogens with zero attached hydrogens (tertiary/aromatic N) is 7. The van der Waals surface area contributed by atoms with Crippen LogP contribution in [0.2, 0.25) is 0 Å². The van der Waals surface area contributed by atoms with E-state index in [1.165, 1.54) is 6.42 Å². The van der Waals surface area contributed by atoms with Crippen molar-refractivity contribution in [1.29, 1.82) is 0 Å². The molecule has 0 radical (unpaired) electrons. The molecule has 4 heterocycles. The van der Waals surface area contributed by atoms with Gasteiger partial charge >= 0.3 is 0 Å². The number of aromatic nitrogens is 6. The van der Waals surface area contributed by atoms with Gasteiger partial charge in [0.05, 0.1) is 6.20 Å². The summed E-state index contributed by atoms with van der Waals surface area (Å²) in [5.41, 5.74) is 1.11. The molecule has 1 saturated heterocycles. The number of aryl methyl sites for hydroxylation is 1. The molecule has 1 fully saturated rings. The number of likely N-dealkylation sites (N-methyl/N-ethyl adjacent to an activating group) is 1.